The molecule has 11 aromatic rings. The summed E-state index contributed by atoms with van der Waals surface area (Å²) in [6.07, 6.45) is 0.980. The Bertz CT molecular complexity index is 3220. The Morgan fingerprint density at radius 1 is 0.442 bits per heavy atom. The Morgan fingerprint density at radius 2 is 1.12 bits per heavy atom. The third-order valence-electron chi connectivity index (χ3n) is 11.3. The molecule has 0 saturated heterocycles. The molecule has 0 unspecified atom stereocenters. The normalized spacial score (nSPS) is 12.5. The third kappa shape index (κ3) is 3.83. The van der Waals surface area contributed by atoms with E-state index in [9.17, 15) is 0 Å². The Labute approximate surface area is 304 Å². The predicted molar refractivity (Wildman–Crippen MR) is 222 cm³/mol. The Morgan fingerprint density at radius 3 is 2.00 bits per heavy atom. The second kappa shape index (κ2) is 10.6. The number of rotatable bonds is 4. The van der Waals surface area contributed by atoms with Crippen molar-refractivity contribution in [1.82, 2.24) is 4.40 Å². The second-order valence-electron chi connectivity index (χ2n) is 14.1. The van der Waals surface area contributed by atoms with E-state index in [-0.39, 0.29) is 0 Å². The number of hydrogen-bond acceptors (Lipinski definition) is 2. The average Bonchev–Trinajstić information content (AvgIpc) is 3.95. The lowest BCUT2D eigenvalue weighted by Crippen LogP contribution is -2.10. The standard InChI is InChI=1S/C49H30N2S/c1-2-11-35-31(10-1)28-32-22-25-34(29-41(32)35)50(33-23-20-30(21-24-33)36-15-9-19-46-47(36)40-14-5-8-18-45(40)52-46)44-27-26-38-37-12-3-6-16-42(37)51-43-17-7-4-13-39(43)48(44)49(38)51/h1-27,29H,28H2. The van der Waals surface area contributed by atoms with Crippen LogP contribution in [0, 0.1) is 0 Å². The summed E-state index contributed by atoms with van der Waals surface area (Å²) < 4.78 is 5.13. The molecule has 12 rings (SSSR count). The van der Waals surface area contributed by atoms with Gasteiger partial charge in [-0.3, -0.25) is 0 Å². The minimum Gasteiger partial charge on any atom is -0.310 e. The lowest BCUT2D eigenvalue weighted by atomic mass is 9.98. The molecule has 0 saturated carbocycles. The fraction of sp³-hybridized carbons (Fsp3) is 0.0204. The number of hydrogen-bond donors (Lipinski definition) is 0. The molecule has 242 valence electrons. The summed E-state index contributed by atoms with van der Waals surface area (Å²) in [6, 6.07) is 63.1. The van der Waals surface area contributed by atoms with E-state index >= 15 is 0 Å². The summed E-state index contributed by atoms with van der Waals surface area (Å²) in [6.45, 7) is 0. The van der Waals surface area contributed by atoms with Crippen molar-refractivity contribution in [2.75, 3.05) is 4.90 Å². The van der Waals surface area contributed by atoms with Crippen molar-refractivity contribution in [2.24, 2.45) is 0 Å². The fourth-order valence-corrected chi connectivity index (χ4v) is 10.2. The number of para-hydroxylation sites is 2. The molecule has 3 aromatic heterocycles. The van der Waals surface area contributed by atoms with Crippen LogP contribution in [0.5, 0.6) is 0 Å². The molecule has 0 N–H and O–H groups in total. The maximum atomic E-state index is 2.49. The van der Waals surface area contributed by atoms with Gasteiger partial charge < -0.3 is 9.30 Å². The van der Waals surface area contributed by atoms with Crippen molar-refractivity contribution in [3.8, 4) is 22.3 Å². The predicted octanol–water partition coefficient (Wildman–Crippen LogP) is 13.9. The minimum atomic E-state index is 0.980. The number of aromatic nitrogens is 1. The SMILES string of the molecule is c1ccc2c(c1)Cc1ccc(N(c3ccc(-c4cccc5sc6ccccc6c45)cc3)c3ccc4c5ccccc5n5c6ccccc6c3c45)cc1-2. The van der Waals surface area contributed by atoms with Gasteiger partial charge in [-0.05, 0) is 94.4 Å². The Kier molecular flexibility index (Phi) is 5.74. The van der Waals surface area contributed by atoms with Gasteiger partial charge in [-0.2, -0.15) is 0 Å². The molecule has 0 bridgehead atoms. The summed E-state index contributed by atoms with van der Waals surface area (Å²) in [5.74, 6) is 0. The van der Waals surface area contributed by atoms with Crippen molar-refractivity contribution in [2.45, 2.75) is 6.42 Å². The summed E-state index contributed by atoms with van der Waals surface area (Å²) in [7, 11) is 0. The van der Waals surface area contributed by atoms with Gasteiger partial charge in [0.25, 0.3) is 0 Å². The average molecular weight is 679 g/mol. The Balaban J connectivity index is 1.11. The van der Waals surface area contributed by atoms with E-state index in [4.69, 9.17) is 0 Å². The van der Waals surface area contributed by atoms with Crippen LogP contribution in [0.2, 0.25) is 0 Å². The van der Waals surface area contributed by atoms with Gasteiger partial charge in [0, 0.05) is 53.1 Å². The topological polar surface area (TPSA) is 7.65 Å². The molecule has 3 heterocycles. The van der Waals surface area contributed by atoms with Crippen LogP contribution in [-0.2, 0) is 6.42 Å². The molecule has 0 radical (unpaired) electrons. The smallest absolute Gasteiger partial charge is 0.0641 e. The van der Waals surface area contributed by atoms with Gasteiger partial charge >= 0.3 is 0 Å². The molecular weight excluding hydrogens is 649 g/mol. The summed E-state index contributed by atoms with van der Waals surface area (Å²) in [5, 5.41) is 7.80. The van der Waals surface area contributed by atoms with Gasteiger partial charge in [0.15, 0.2) is 0 Å². The van der Waals surface area contributed by atoms with Gasteiger partial charge in [0.05, 0.1) is 22.2 Å². The van der Waals surface area contributed by atoms with Crippen LogP contribution in [0.25, 0.3) is 80.5 Å². The van der Waals surface area contributed by atoms with Gasteiger partial charge in [-0.15, -0.1) is 11.3 Å². The lowest BCUT2D eigenvalue weighted by molar-refractivity contribution is 1.25. The van der Waals surface area contributed by atoms with Crippen molar-refractivity contribution >= 4 is 86.7 Å². The van der Waals surface area contributed by atoms with E-state index in [1.807, 2.05) is 11.3 Å². The molecule has 8 aromatic carbocycles. The zero-order valence-corrected chi connectivity index (χ0v) is 29.0. The minimum absolute atomic E-state index is 0.980. The van der Waals surface area contributed by atoms with E-state index in [0.29, 0.717) is 0 Å². The van der Waals surface area contributed by atoms with Crippen molar-refractivity contribution in [3.63, 3.8) is 0 Å². The van der Waals surface area contributed by atoms with Gasteiger partial charge in [-0.25, -0.2) is 0 Å². The second-order valence-corrected chi connectivity index (χ2v) is 15.1. The highest BCUT2D eigenvalue weighted by Gasteiger charge is 2.26. The highest BCUT2D eigenvalue weighted by molar-refractivity contribution is 7.25. The van der Waals surface area contributed by atoms with Gasteiger partial charge in [-0.1, -0.05) is 115 Å². The van der Waals surface area contributed by atoms with Crippen LogP contribution in [-0.4, -0.2) is 4.40 Å². The third-order valence-corrected chi connectivity index (χ3v) is 12.5. The fourth-order valence-electron chi connectivity index (χ4n) is 9.11. The molecule has 0 aliphatic heterocycles. The monoisotopic (exact) mass is 678 g/mol. The molecule has 0 spiro atoms. The molecule has 2 nitrogen and oxygen atoms in total. The molecule has 1 aliphatic carbocycles. The molecule has 3 heteroatoms. The molecule has 52 heavy (non-hydrogen) atoms. The Hall–Kier alpha value is -6.42. The first kappa shape index (κ1) is 28.3. The maximum absolute atomic E-state index is 2.49. The van der Waals surface area contributed by atoms with Crippen LogP contribution in [0.15, 0.2) is 170 Å². The van der Waals surface area contributed by atoms with Crippen molar-refractivity contribution in [1.29, 1.82) is 0 Å². The number of thiophene rings is 1. The van der Waals surface area contributed by atoms with Gasteiger partial charge in [0.1, 0.15) is 0 Å². The summed E-state index contributed by atoms with van der Waals surface area (Å²) in [5.41, 5.74) is 15.2. The first-order valence-corrected chi connectivity index (χ1v) is 18.8. The highest BCUT2D eigenvalue weighted by atomic mass is 32.1. The zero-order valence-electron chi connectivity index (χ0n) is 28.2. The number of benzene rings is 8. The molecular formula is C49H30N2S. The van der Waals surface area contributed by atoms with E-state index < -0.39 is 0 Å². The van der Waals surface area contributed by atoms with Crippen LogP contribution in [0.3, 0.4) is 0 Å². The first-order chi connectivity index (χ1) is 25.8. The molecule has 0 atom stereocenters. The van der Waals surface area contributed by atoms with E-state index in [1.165, 1.54) is 97.3 Å². The van der Waals surface area contributed by atoms with E-state index in [0.717, 1.165) is 17.8 Å². The summed E-state index contributed by atoms with van der Waals surface area (Å²) in [4.78, 5) is 2.49. The largest absolute Gasteiger partial charge is 0.310 e. The molecule has 0 amide bonds. The number of fused-ring (bicyclic) bond motifs is 12. The highest BCUT2D eigenvalue weighted by Crippen LogP contribution is 2.49. The maximum Gasteiger partial charge on any atom is 0.0641 e. The number of nitrogens with zero attached hydrogens (tertiary/aromatic N) is 2. The molecule has 1 aliphatic rings. The van der Waals surface area contributed by atoms with Crippen LogP contribution >= 0.6 is 11.3 Å². The number of anilines is 3. The quantitative estimate of drug-likeness (QED) is 0.180. The van der Waals surface area contributed by atoms with Crippen LogP contribution < -0.4 is 4.90 Å². The zero-order chi connectivity index (χ0) is 33.9. The van der Waals surface area contributed by atoms with Crippen molar-refractivity contribution < 1.29 is 0 Å². The molecule has 0 fully saturated rings. The van der Waals surface area contributed by atoms with Crippen LogP contribution in [0.1, 0.15) is 11.1 Å². The van der Waals surface area contributed by atoms with E-state index in [1.54, 1.807) is 0 Å². The first-order valence-electron chi connectivity index (χ1n) is 18.0. The lowest BCUT2D eigenvalue weighted by Gasteiger charge is -2.27. The summed E-state index contributed by atoms with van der Waals surface area (Å²) >= 11 is 1.87. The van der Waals surface area contributed by atoms with Gasteiger partial charge in [0.2, 0.25) is 0 Å². The van der Waals surface area contributed by atoms with E-state index in [2.05, 4.69) is 179 Å². The van der Waals surface area contributed by atoms with Crippen LogP contribution in [0.4, 0.5) is 17.1 Å². The van der Waals surface area contributed by atoms with Crippen molar-refractivity contribution in [3.05, 3.63) is 181 Å².